The zero-order chi connectivity index (χ0) is 27.2. The molecule has 0 aliphatic carbocycles. The Balaban J connectivity index is 1.25. The van der Waals surface area contributed by atoms with Crippen molar-refractivity contribution >= 4 is 34.4 Å². The van der Waals surface area contributed by atoms with Crippen LogP contribution in [0.1, 0.15) is 40.4 Å². The number of nitrogens with zero attached hydrogens (tertiary/aromatic N) is 2. The number of pyridine rings is 1. The molecule has 8 nitrogen and oxygen atoms in total. The first kappa shape index (κ1) is 25.8. The molecule has 4 aromatic rings. The van der Waals surface area contributed by atoms with Crippen LogP contribution < -0.4 is 10.6 Å². The second-order valence-corrected chi connectivity index (χ2v) is 9.40. The summed E-state index contributed by atoms with van der Waals surface area (Å²) in [7, 11) is 0. The molecule has 1 fully saturated rings. The number of para-hydroxylation sites is 1. The number of carbonyl (C=O) groups is 4. The first-order valence-corrected chi connectivity index (χ1v) is 12.9. The van der Waals surface area contributed by atoms with Crippen molar-refractivity contribution in [2.75, 3.05) is 13.1 Å². The Bertz CT molecular complexity index is 1460. The molecule has 3 aromatic carbocycles. The van der Waals surface area contributed by atoms with E-state index in [0.29, 0.717) is 35.9 Å². The number of ketones is 1. The van der Waals surface area contributed by atoms with Gasteiger partial charge >= 0.3 is 0 Å². The van der Waals surface area contributed by atoms with Gasteiger partial charge in [-0.15, -0.1) is 0 Å². The lowest BCUT2D eigenvalue weighted by atomic mass is 9.98. The quantitative estimate of drug-likeness (QED) is 0.346. The number of aromatic nitrogens is 1. The average molecular weight is 521 g/mol. The molecule has 8 heteroatoms. The normalized spacial score (nSPS) is 14.8. The molecule has 0 unspecified atom stereocenters. The Labute approximate surface area is 226 Å². The van der Waals surface area contributed by atoms with E-state index in [9.17, 15) is 19.2 Å². The summed E-state index contributed by atoms with van der Waals surface area (Å²) < 4.78 is 0. The van der Waals surface area contributed by atoms with Gasteiger partial charge in [-0.3, -0.25) is 24.2 Å². The van der Waals surface area contributed by atoms with Crippen LogP contribution in [-0.4, -0.2) is 52.5 Å². The van der Waals surface area contributed by atoms with Crippen molar-refractivity contribution < 1.29 is 19.2 Å². The van der Waals surface area contributed by atoms with Crippen LogP contribution in [0.15, 0.2) is 97.2 Å². The summed E-state index contributed by atoms with van der Waals surface area (Å²) in [6, 6.07) is 26.3. The van der Waals surface area contributed by atoms with Gasteiger partial charge in [-0.2, -0.15) is 0 Å². The summed E-state index contributed by atoms with van der Waals surface area (Å²) in [6.07, 6.45) is 2.53. The van der Waals surface area contributed by atoms with Gasteiger partial charge in [0.25, 0.3) is 11.8 Å². The van der Waals surface area contributed by atoms with Crippen molar-refractivity contribution in [3.63, 3.8) is 0 Å². The van der Waals surface area contributed by atoms with Crippen molar-refractivity contribution in [3.8, 4) is 0 Å². The molecule has 0 saturated carbocycles. The number of rotatable bonds is 8. The first-order valence-electron chi connectivity index (χ1n) is 12.9. The minimum atomic E-state index is -0.872. The summed E-state index contributed by atoms with van der Waals surface area (Å²) in [5, 5.41) is 6.22. The largest absolute Gasteiger partial charge is 0.343 e. The van der Waals surface area contributed by atoms with Crippen molar-refractivity contribution in [3.05, 3.63) is 114 Å². The highest BCUT2D eigenvalue weighted by Crippen LogP contribution is 2.23. The van der Waals surface area contributed by atoms with Gasteiger partial charge < -0.3 is 15.5 Å². The van der Waals surface area contributed by atoms with Crippen LogP contribution in [0.4, 0.5) is 0 Å². The van der Waals surface area contributed by atoms with Crippen molar-refractivity contribution in [2.45, 2.75) is 24.9 Å². The molecule has 1 aliphatic heterocycles. The van der Waals surface area contributed by atoms with Crippen molar-refractivity contribution in [1.82, 2.24) is 20.5 Å². The second-order valence-electron chi connectivity index (χ2n) is 9.40. The maximum Gasteiger partial charge on any atom is 0.290 e. The monoisotopic (exact) mass is 520 g/mol. The smallest absolute Gasteiger partial charge is 0.290 e. The number of likely N-dealkylation sites (tertiary alicyclic amines) is 1. The van der Waals surface area contributed by atoms with Gasteiger partial charge in [0, 0.05) is 18.1 Å². The average Bonchev–Trinajstić information content (AvgIpc) is 3.49. The lowest BCUT2D eigenvalue weighted by Gasteiger charge is -2.25. The SMILES string of the molecule is O=C(NC(c1ccccc1)c1ccccc1)C(=O)[C@@H]1CCCN1C(=O)CNC(=O)c1ccnc2ccccc12. The lowest BCUT2D eigenvalue weighted by molar-refractivity contribution is -0.144. The topological polar surface area (TPSA) is 108 Å². The van der Waals surface area contributed by atoms with E-state index in [-0.39, 0.29) is 6.54 Å². The second kappa shape index (κ2) is 11.7. The van der Waals surface area contributed by atoms with E-state index in [2.05, 4.69) is 15.6 Å². The van der Waals surface area contributed by atoms with E-state index >= 15 is 0 Å². The molecular weight excluding hydrogens is 492 g/mol. The molecular formula is C31H28N4O4. The number of hydrogen-bond donors (Lipinski definition) is 2. The van der Waals surface area contributed by atoms with E-state index in [1.165, 1.54) is 4.90 Å². The fraction of sp³-hybridized carbons (Fsp3) is 0.194. The summed E-state index contributed by atoms with van der Waals surface area (Å²) in [5.41, 5.74) is 2.78. The predicted molar refractivity (Wildman–Crippen MR) is 147 cm³/mol. The molecule has 0 radical (unpaired) electrons. The number of Topliss-reactive ketones (excluding diaryl/α,β-unsaturated/α-hetero) is 1. The van der Waals surface area contributed by atoms with Gasteiger partial charge in [-0.1, -0.05) is 78.9 Å². The van der Waals surface area contributed by atoms with Crippen LogP contribution >= 0.6 is 0 Å². The van der Waals surface area contributed by atoms with Gasteiger partial charge in [0.2, 0.25) is 11.7 Å². The number of hydrogen-bond acceptors (Lipinski definition) is 5. The standard InChI is InChI=1S/C31H28N4O4/c36-27(20-33-30(38)24-17-18-32-25-15-8-7-14-23(24)25)35-19-9-16-26(35)29(37)31(39)34-28(21-10-3-1-4-11-21)22-12-5-2-6-13-22/h1-8,10-15,17-18,26,28H,9,16,19-20H2,(H,33,38)(H,34,39)/t26-/m0/s1. The molecule has 1 aromatic heterocycles. The third kappa shape index (κ3) is 5.70. The number of nitrogens with one attached hydrogen (secondary N) is 2. The van der Waals surface area contributed by atoms with Gasteiger partial charge in [-0.25, -0.2) is 0 Å². The minimum absolute atomic E-state index is 0.280. The van der Waals surface area contributed by atoms with Crippen molar-refractivity contribution in [1.29, 1.82) is 0 Å². The van der Waals surface area contributed by atoms with E-state index in [1.807, 2.05) is 78.9 Å². The molecule has 1 saturated heterocycles. The predicted octanol–water partition coefficient (Wildman–Crippen LogP) is 3.43. The maximum atomic E-state index is 13.3. The molecule has 0 bridgehead atoms. The fourth-order valence-corrected chi connectivity index (χ4v) is 4.99. The lowest BCUT2D eigenvalue weighted by Crippen LogP contribution is -2.49. The van der Waals surface area contributed by atoms with E-state index in [0.717, 1.165) is 11.1 Å². The van der Waals surface area contributed by atoms with E-state index < -0.39 is 35.6 Å². The summed E-state index contributed by atoms with van der Waals surface area (Å²) in [4.78, 5) is 58.0. The summed E-state index contributed by atoms with van der Waals surface area (Å²) in [5.74, 6) is -2.22. The molecule has 1 atom stereocenters. The van der Waals surface area contributed by atoms with Crippen LogP contribution in [0.5, 0.6) is 0 Å². The number of benzene rings is 3. The van der Waals surface area contributed by atoms with Crippen LogP contribution in [0.25, 0.3) is 10.9 Å². The zero-order valence-electron chi connectivity index (χ0n) is 21.2. The van der Waals surface area contributed by atoms with E-state index in [1.54, 1.807) is 18.3 Å². The molecule has 2 N–H and O–H groups in total. The maximum absolute atomic E-state index is 13.3. The molecule has 2 heterocycles. The third-order valence-corrected chi connectivity index (χ3v) is 6.93. The third-order valence-electron chi connectivity index (χ3n) is 6.93. The van der Waals surface area contributed by atoms with Gasteiger partial charge in [0.15, 0.2) is 0 Å². The Kier molecular flexibility index (Phi) is 7.73. The number of fused-ring (bicyclic) bond motifs is 1. The number of amides is 3. The Morgan fingerprint density at radius 3 is 2.18 bits per heavy atom. The Hall–Kier alpha value is -4.85. The van der Waals surface area contributed by atoms with Gasteiger partial charge in [0.1, 0.15) is 6.04 Å². The van der Waals surface area contributed by atoms with Crippen LogP contribution in [0.3, 0.4) is 0 Å². The summed E-state index contributed by atoms with van der Waals surface area (Å²) in [6.45, 7) is 0.0644. The highest BCUT2D eigenvalue weighted by atomic mass is 16.2. The molecule has 39 heavy (non-hydrogen) atoms. The molecule has 5 rings (SSSR count). The van der Waals surface area contributed by atoms with Gasteiger partial charge in [-0.05, 0) is 36.1 Å². The number of carbonyl (C=O) groups excluding carboxylic acids is 4. The molecule has 3 amide bonds. The van der Waals surface area contributed by atoms with E-state index in [4.69, 9.17) is 0 Å². The van der Waals surface area contributed by atoms with Crippen LogP contribution in [0, 0.1) is 0 Å². The highest BCUT2D eigenvalue weighted by molar-refractivity contribution is 6.38. The van der Waals surface area contributed by atoms with Crippen LogP contribution in [-0.2, 0) is 14.4 Å². The van der Waals surface area contributed by atoms with Crippen molar-refractivity contribution in [2.24, 2.45) is 0 Å². The minimum Gasteiger partial charge on any atom is -0.343 e. The molecule has 0 spiro atoms. The van der Waals surface area contributed by atoms with Gasteiger partial charge in [0.05, 0.1) is 23.7 Å². The molecule has 196 valence electrons. The highest BCUT2D eigenvalue weighted by Gasteiger charge is 2.38. The first-order chi connectivity index (χ1) is 19.0. The summed E-state index contributed by atoms with van der Waals surface area (Å²) >= 11 is 0. The Morgan fingerprint density at radius 1 is 0.846 bits per heavy atom. The Morgan fingerprint density at radius 2 is 1.49 bits per heavy atom. The van der Waals surface area contributed by atoms with Crippen LogP contribution in [0.2, 0.25) is 0 Å². The molecule has 1 aliphatic rings. The zero-order valence-corrected chi connectivity index (χ0v) is 21.2. The fourth-order valence-electron chi connectivity index (χ4n) is 4.99.